The van der Waals surface area contributed by atoms with E-state index < -0.39 is 0 Å². The van der Waals surface area contributed by atoms with Gasteiger partial charge in [0.15, 0.2) is 0 Å². The van der Waals surface area contributed by atoms with Gasteiger partial charge in [0.05, 0.1) is 19.3 Å². The minimum atomic E-state index is -0.0199. The topological polar surface area (TPSA) is 55.3 Å². The molecule has 2 aromatic carbocycles. The summed E-state index contributed by atoms with van der Waals surface area (Å²) in [7, 11) is 0. The summed E-state index contributed by atoms with van der Waals surface area (Å²) in [5, 5.41) is 8.10. The molecule has 0 radical (unpaired) electrons. The fraction of sp³-hybridized carbons (Fsp3) is 0.400. The van der Waals surface area contributed by atoms with Crippen LogP contribution in [0.5, 0.6) is 0 Å². The van der Waals surface area contributed by atoms with Crippen molar-refractivity contribution in [2.24, 2.45) is 0 Å². The second-order valence-corrected chi connectivity index (χ2v) is 8.43. The van der Waals surface area contributed by atoms with Gasteiger partial charge in [0, 0.05) is 29.5 Å². The van der Waals surface area contributed by atoms with E-state index in [9.17, 15) is 4.79 Å². The highest BCUT2D eigenvalue weighted by atomic mass is 16.5. The lowest BCUT2D eigenvalue weighted by Crippen LogP contribution is -2.50. The second kappa shape index (κ2) is 8.25. The van der Waals surface area contributed by atoms with Gasteiger partial charge in [-0.1, -0.05) is 42.5 Å². The van der Waals surface area contributed by atoms with E-state index in [1.54, 1.807) is 0 Å². The van der Waals surface area contributed by atoms with Gasteiger partial charge >= 0.3 is 0 Å². The van der Waals surface area contributed by atoms with Gasteiger partial charge in [-0.05, 0) is 49.4 Å². The number of fused-ring (bicyclic) bond motifs is 2. The van der Waals surface area contributed by atoms with Crippen LogP contribution in [0.25, 0.3) is 10.9 Å². The Morgan fingerprint density at radius 1 is 1.10 bits per heavy atom. The maximum absolute atomic E-state index is 13.1. The van der Waals surface area contributed by atoms with Crippen molar-refractivity contribution in [3.05, 3.63) is 71.4 Å². The molecule has 0 spiro atoms. The molecule has 1 aliphatic heterocycles. The average Bonchev–Trinajstić information content (AvgIpc) is 3.35. The lowest BCUT2D eigenvalue weighted by Gasteiger charge is -2.32. The molecule has 5 nitrogen and oxygen atoms in total. The molecule has 1 aromatic heterocycles. The van der Waals surface area contributed by atoms with Crippen LogP contribution in [-0.4, -0.2) is 35.8 Å². The van der Waals surface area contributed by atoms with Gasteiger partial charge in [-0.15, -0.1) is 0 Å². The Morgan fingerprint density at radius 2 is 1.90 bits per heavy atom. The van der Waals surface area contributed by atoms with Crippen LogP contribution in [0.2, 0.25) is 0 Å². The quantitative estimate of drug-likeness (QED) is 0.681. The van der Waals surface area contributed by atoms with E-state index in [1.807, 2.05) is 18.2 Å². The monoisotopic (exact) mass is 403 g/mol. The number of amides is 1. The van der Waals surface area contributed by atoms with Crippen LogP contribution in [0, 0.1) is 0 Å². The van der Waals surface area contributed by atoms with Gasteiger partial charge < -0.3 is 19.9 Å². The number of benzene rings is 2. The summed E-state index contributed by atoms with van der Waals surface area (Å²) in [4.78, 5) is 13.1. The predicted molar refractivity (Wildman–Crippen MR) is 119 cm³/mol. The Hall–Kier alpha value is -2.63. The zero-order valence-electron chi connectivity index (χ0n) is 17.4. The lowest BCUT2D eigenvalue weighted by molar-refractivity contribution is 0.0399. The zero-order valence-corrected chi connectivity index (χ0v) is 17.4. The summed E-state index contributed by atoms with van der Waals surface area (Å²) in [6.07, 6.45) is 3.14. The molecule has 5 rings (SSSR count). The van der Waals surface area contributed by atoms with Crippen LogP contribution in [0.4, 0.5) is 0 Å². The normalized spacial score (nSPS) is 23.4. The third-order valence-corrected chi connectivity index (χ3v) is 6.47. The van der Waals surface area contributed by atoms with Gasteiger partial charge in [-0.3, -0.25) is 4.79 Å². The van der Waals surface area contributed by atoms with Gasteiger partial charge in [0.25, 0.3) is 5.91 Å². The number of aromatic nitrogens is 1. The molecule has 3 aromatic rings. The van der Waals surface area contributed by atoms with Crippen molar-refractivity contribution in [1.82, 2.24) is 15.2 Å². The Morgan fingerprint density at radius 3 is 2.80 bits per heavy atom. The summed E-state index contributed by atoms with van der Waals surface area (Å²) in [5.74, 6) is -0.0199. The summed E-state index contributed by atoms with van der Waals surface area (Å²) >= 11 is 0. The van der Waals surface area contributed by atoms with Gasteiger partial charge in [-0.2, -0.15) is 0 Å². The zero-order chi connectivity index (χ0) is 20.5. The van der Waals surface area contributed by atoms with Crippen LogP contribution in [0.3, 0.4) is 0 Å². The van der Waals surface area contributed by atoms with E-state index >= 15 is 0 Å². The maximum Gasteiger partial charge on any atom is 0.268 e. The minimum absolute atomic E-state index is 0.0173. The molecule has 0 bridgehead atoms. The van der Waals surface area contributed by atoms with Crippen molar-refractivity contribution in [3.63, 3.8) is 0 Å². The summed E-state index contributed by atoms with van der Waals surface area (Å²) in [5.41, 5.74) is 4.68. The van der Waals surface area contributed by atoms with Crippen molar-refractivity contribution >= 4 is 16.8 Å². The fourth-order valence-electron chi connectivity index (χ4n) is 5.06. The number of para-hydroxylation sites is 1. The highest BCUT2D eigenvalue weighted by molar-refractivity contribution is 5.98. The first-order chi connectivity index (χ1) is 14.7. The SMILES string of the molecule is CCn1c(C(=O)N[C@@H]2COC[C@@H](N[C@@H]3CCc4ccccc43)C2)cc2ccccc21. The molecule has 30 heavy (non-hydrogen) atoms. The summed E-state index contributed by atoms with van der Waals surface area (Å²) in [6, 6.07) is 19.5. The molecule has 156 valence electrons. The van der Waals surface area contributed by atoms with Crippen molar-refractivity contribution in [2.75, 3.05) is 13.2 Å². The Labute approximate surface area is 177 Å². The largest absolute Gasteiger partial charge is 0.378 e. The molecule has 0 unspecified atom stereocenters. The fourth-order valence-corrected chi connectivity index (χ4v) is 5.06. The van der Waals surface area contributed by atoms with Crippen molar-refractivity contribution in [2.45, 2.75) is 50.9 Å². The van der Waals surface area contributed by atoms with E-state index in [0.29, 0.717) is 19.3 Å². The van der Waals surface area contributed by atoms with E-state index in [1.165, 1.54) is 11.1 Å². The number of carbonyl (C=O) groups is 1. The second-order valence-electron chi connectivity index (χ2n) is 8.43. The Kier molecular flexibility index (Phi) is 5.32. The number of ether oxygens (including phenoxy) is 1. The molecule has 3 atom stereocenters. The number of nitrogens with zero attached hydrogens (tertiary/aromatic N) is 1. The Balaban J connectivity index is 1.25. The first kappa shape index (κ1) is 19.3. The molecular formula is C25H29N3O2. The van der Waals surface area contributed by atoms with Crippen molar-refractivity contribution in [1.29, 1.82) is 0 Å². The Bertz CT molecular complexity index is 1060. The van der Waals surface area contributed by atoms with Crippen LogP contribution < -0.4 is 10.6 Å². The molecule has 2 aliphatic rings. The molecule has 5 heteroatoms. The van der Waals surface area contributed by atoms with Crippen LogP contribution >= 0.6 is 0 Å². The van der Waals surface area contributed by atoms with Crippen LogP contribution in [-0.2, 0) is 17.7 Å². The van der Waals surface area contributed by atoms with Gasteiger partial charge in [0.1, 0.15) is 5.69 Å². The average molecular weight is 404 g/mol. The van der Waals surface area contributed by atoms with Crippen LogP contribution in [0.15, 0.2) is 54.6 Å². The van der Waals surface area contributed by atoms with Crippen molar-refractivity contribution in [3.8, 4) is 0 Å². The van der Waals surface area contributed by atoms with Gasteiger partial charge in [0.2, 0.25) is 0 Å². The first-order valence-electron chi connectivity index (χ1n) is 11.0. The predicted octanol–water partition coefficient (Wildman–Crippen LogP) is 3.83. The van der Waals surface area contributed by atoms with E-state index in [-0.39, 0.29) is 18.0 Å². The number of rotatable bonds is 5. The molecule has 1 fully saturated rings. The van der Waals surface area contributed by atoms with E-state index in [4.69, 9.17) is 4.74 Å². The smallest absolute Gasteiger partial charge is 0.268 e. The molecule has 0 saturated carbocycles. The summed E-state index contributed by atoms with van der Waals surface area (Å²) < 4.78 is 7.94. The molecule has 1 amide bonds. The molecule has 2 N–H and O–H groups in total. The van der Waals surface area contributed by atoms with Gasteiger partial charge in [-0.25, -0.2) is 0 Å². The number of carbonyl (C=O) groups excluding carboxylic acids is 1. The molecule has 2 heterocycles. The third-order valence-electron chi connectivity index (χ3n) is 6.47. The summed E-state index contributed by atoms with van der Waals surface area (Å²) in [6.45, 7) is 4.10. The molecular weight excluding hydrogens is 374 g/mol. The number of aryl methyl sites for hydroxylation is 2. The lowest BCUT2D eigenvalue weighted by atomic mass is 10.0. The molecule has 1 aliphatic carbocycles. The van der Waals surface area contributed by atoms with E-state index in [0.717, 1.165) is 42.4 Å². The maximum atomic E-state index is 13.1. The number of nitrogens with one attached hydrogen (secondary N) is 2. The van der Waals surface area contributed by atoms with Crippen molar-refractivity contribution < 1.29 is 9.53 Å². The number of hydrogen-bond acceptors (Lipinski definition) is 3. The third kappa shape index (κ3) is 3.64. The molecule has 1 saturated heterocycles. The number of hydrogen-bond donors (Lipinski definition) is 2. The highest BCUT2D eigenvalue weighted by Crippen LogP contribution is 2.31. The minimum Gasteiger partial charge on any atom is -0.378 e. The standard InChI is InChI=1S/C25H29N3O2/c1-2-28-23-10-6-4-8-18(23)13-24(28)25(29)27-20-14-19(15-30-16-20)26-22-12-11-17-7-3-5-9-21(17)22/h3-10,13,19-20,22,26H,2,11-12,14-16H2,1H3,(H,27,29)/t19-,20-,22+/m0/s1. The van der Waals surface area contributed by atoms with Crippen LogP contribution in [0.1, 0.15) is 47.4 Å². The highest BCUT2D eigenvalue weighted by Gasteiger charge is 2.29. The first-order valence-corrected chi connectivity index (χ1v) is 11.0. The van der Waals surface area contributed by atoms with E-state index in [2.05, 4.69) is 58.5 Å².